The van der Waals surface area contributed by atoms with Crippen molar-refractivity contribution in [2.75, 3.05) is 25.0 Å². The van der Waals surface area contributed by atoms with Crippen molar-refractivity contribution in [1.29, 1.82) is 0 Å². The summed E-state index contributed by atoms with van der Waals surface area (Å²) in [5, 5.41) is 13.2. The molecular formula is C25H31N7O. The molecule has 0 spiro atoms. The molecule has 0 aliphatic rings. The van der Waals surface area contributed by atoms with Gasteiger partial charge in [-0.25, -0.2) is 0 Å². The molecule has 1 aromatic carbocycles. The lowest BCUT2D eigenvalue weighted by molar-refractivity contribution is -0.117. The highest BCUT2D eigenvalue weighted by molar-refractivity contribution is 6.00. The summed E-state index contributed by atoms with van der Waals surface area (Å²) >= 11 is 0. The number of rotatable bonds is 9. The molecule has 8 heteroatoms. The van der Waals surface area contributed by atoms with Gasteiger partial charge in [0.1, 0.15) is 0 Å². The lowest BCUT2D eigenvalue weighted by Crippen LogP contribution is -2.38. The number of amides is 1. The number of hydrogen-bond donors (Lipinski definition) is 1. The molecule has 0 aliphatic heterocycles. The van der Waals surface area contributed by atoms with Gasteiger partial charge in [-0.15, -0.1) is 0 Å². The Labute approximate surface area is 194 Å². The molecule has 0 bridgehead atoms. The highest BCUT2D eigenvalue weighted by Gasteiger charge is 2.14. The number of carbonyl (C=O) groups is 1. The molecular weight excluding hydrogens is 414 g/mol. The Hall–Kier alpha value is -3.52. The average Bonchev–Trinajstić information content (AvgIpc) is 3.28. The molecule has 0 radical (unpaired) electrons. The van der Waals surface area contributed by atoms with E-state index in [0.717, 1.165) is 52.5 Å². The molecule has 1 N–H and O–H groups in total. The number of hydrogen-bond acceptors (Lipinski definition) is 5. The van der Waals surface area contributed by atoms with Crippen molar-refractivity contribution in [2.45, 2.75) is 40.8 Å². The summed E-state index contributed by atoms with van der Waals surface area (Å²) in [4.78, 5) is 19.6. The van der Waals surface area contributed by atoms with Crippen LogP contribution in [0.5, 0.6) is 0 Å². The molecule has 0 saturated heterocycles. The number of pyridine rings is 1. The first-order valence-electron chi connectivity index (χ1n) is 11.3. The van der Waals surface area contributed by atoms with E-state index in [2.05, 4.69) is 51.4 Å². The molecule has 0 atom stereocenters. The zero-order valence-corrected chi connectivity index (χ0v) is 19.7. The predicted octanol–water partition coefficient (Wildman–Crippen LogP) is 3.50. The summed E-state index contributed by atoms with van der Waals surface area (Å²) in [6, 6.07) is 13.8. The van der Waals surface area contributed by atoms with Gasteiger partial charge in [0, 0.05) is 36.1 Å². The number of nitrogens with zero attached hydrogens (tertiary/aromatic N) is 6. The van der Waals surface area contributed by atoms with Crippen molar-refractivity contribution in [2.24, 2.45) is 0 Å². The van der Waals surface area contributed by atoms with Crippen LogP contribution in [0.25, 0.3) is 10.9 Å². The van der Waals surface area contributed by atoms with Crippen molar-refractivity contribution < 1.29 is 4.79 Å². The molecule has 3 heterocycles. The molecule has 0 aliphatic carbocycles. The molecule has 0 saturated carbocycles. The fourth-order valence-electron chi connectivity index (χ4n) is 4.14. The maximum atomic E-state index is 13.0. The van der Waals surface area contributed by atoms with Crippen LogP contribution in [0.4, 0.5) is 5.69 Å². The molecule has 4 aromatic rings. The first-order valence-corrected chi connectivity index (χ1v) is 11.3. The fourth-order valence-corrected chi connectivity index (χ4v) is 4.14. The van der Waals surface area contributed by atoms with Gasteiger partial charge in [-0.3, -0.25) is 24.0 Å². The first kappa shape index (κ1) is 22.7. The third kappa shape index (κ3) is 5.64. The lowest BCUT2D eigenvalue weighted by Gasteiger charge is -2.22. The third-order valence-electron chi connectivity index (χ3n) is 5.74. The monoisotopic (exact) mass is 445 g/mol. The summed E-state index contributed by atoms with van der Waals surface area (Å²) < 4.78 is 4.00. The van der Waals surface area contributed by atoms with Gasteiger partial charge in [0.15, 0.2) is 0 Å². The molecule has 172 valence electrons. The highest BCUT2D eigenvalue weighted by atomic mass is 16.2. The van der Waals surface area contributed by atoms with Gasteiger partial charge in [-0.1, -0.05) is 18.2 Å². The van der Waals surface area contributed by atoms with Gasteiger partial charge in [-0.2, -0.15) is 10.2 Å². The van der Waals surface area contributed by atoms with Crippen molar-refractivity contribution in [3.63, 3.8) is 0 Å². The highest BCUT2D eigenvalue weighted by Crippen LogP contribution is 2.20. The first-order chi connectivity index (χ1) is 15.9. The number of aryl methyl sites for hydroxylation is 4. The van der Waals surface area contributed by atoms with Crippen LogP contribution in [0, 0.1) is 27.7 Å². The maximum absolute atomic E-state index is 13.0. The predicted molar refractivity (Wildman–Crippen MR) is 130 cm³/mol. The average molecular weight is 446 g/mol. The quantitative estimate of drug-likeness (QED) is 0.426. The van der Waals surface area contributed by atoms with Crippen LogP contribution in [0.15, 0.2) is 48.7 Å². The summed E-state index contributed by atoms with van der Waals surface area (Å²) in [6.45, 7) is 11.2. The minimum absolute atomic E-state index is 0.0603. The topological polar surface area (TPSA) is 80.9 Å². The van der Waals surface area contributed by atoms with Crippen LogP contribution in [-0.2, 0) is 17.9 Å². The number of anilines is 1. The molecule has 3 aromatic heterocycles. The van der Waals surface area contributed by atoms with E-state index in [4.69, 9.17) is 0 Å². The SMILES string of the molecule is Cc1cc(C)n(CCN(CCn2nc(C)cc2C)CC(=O)Nc2cccc3cccnc23)n1. The zero-order chi connectivity index (χ0) is 23.4. The van der Waals surface area contributed by atoms with Crippen LogP contribution in [0.1, 0.15) is 22.8 Å². The van der Waals surface area contributed by atoms with Gasteiger partial charge < -0.3 is 5.32 Å². The smallest absolute Gasteiger partial charge is 0.238 e. The lowest BCUT2D eigenvalue weighted by atomic mass is 10.2. The molecule has 1 amide bonds. The second-order valence-electron chi connectivity index (χ2n) is 8.51. The van der Waals surface area contributed by atoms with Gasteiger partial charge >= 0.3 is 0 Å². The normalized spacial score (nSPS) is 11.4. The standard InChI is InChI=1S/C25H31N7O/c1-18-15-20(3)31(28-18)13-11-30(12-14-32-21(4)16-19(2)29-32)17-24(33)27-23-9-5-7-22-8-6-10-26-25(22)23/h5-10,15-16H,11-14,17H2,1-4H3,(H,27,33). The summed E-state index contributed by atoms with van der Waals surface area (Å²) in [5.41, 5.74) is 5.78. The second-order valence-corrected chi connectivity index (χ2v) is 8.51. The van der Waals surface area contributed by atoms with Gasteiger partial charge in [0.05, 0.1) is 42.2 Å². The van der Waals surface area contributed by atoms with Crippen molar-refractivity contribution in [1.82, 2.24) is 29.4 Å². The fraction of sp³-hybridized carbons (Fsp3) is 0.360. The van der Waals surface area contributed by atoms with Crippen molar-refractivity contribution in [3.8, 4) is 0 Å². The number of carbonyl (C=O) groups excluding carboxylic acids is 1. The Morgan fingerprint density at radius 1 is 0.909 bits per heavy atom. The van der Waals surface area contributed by atoms with Crippen LogP contribution in [0.2, 0.25) is 0 Å². The summed E-state index contributed by atoms with van der Waals surface area (Å²) in [5.74, 6) is -0.0603. The molecule has 4 rings (SSSR count). The number of aromatic nitrogens is 5. The van der Waals surface area contributed by atoms with Crippen molar-refractivity contribution in [3.05, 3.63) is 71.4 Å². The van der Waals surface area contributed by atoms with Crippen LogP contribution in [-0.4, -0.2) is 55.0 Å². The minimum Gasteiger partial charge on any atom is -0.323 e. The zero-order valence-electron chi connectivity index (χ0n) is 19.7. The number of nitrogens with one attached hydrogen (secondary N) is 1. The van der Waals surface area contributed by atoms with E-state index < -0.39 is 0 Å². The molecule has 33 heavy (non-hydrogen) atoms. The van der Waals surface area contributed by atoms with E-state index in [-0.39, 0.29) is 12.5 Å². The second kappa shape index (κ2) is 9.95. The number of para-hydroxylation sites is 1. The maximum Gasteiger partial charge on any atom is 0.238 e. The Morgan fingerprint density at radius 2 is 1.52 bits per heavy atom. The van der Waals surface area contributed by atoms with E-state index in [1.807, 2.05) is 53.5 Å². The van der Waals surface area contributed by atoms with E-state index in [0.29, 0.717) is 13.1 Å². The van der Waals surface area contributed by atoms with Crippen molar-refractivity contribution >= 4 is 22.5 Å². The Bertz CT molecular complexity index is 1200. The van der Waals surface area contributed by atoms with Crippen LogP contribution >= 0.6 is 0 Å². The van der Waals surface area contributed by atoms with Crippen LogP contribution < -0.4 is 5.32 Å². The Morgan fingerprint density at radius 3 is 2.09 bits per heavy atom. The van der Waals surface area contributed by atoms with Gasteiger partial charge in [0.2, 0.25) is 5.91 Å². The van der Waals surface area contributed by atoms with E-state index in [1.165, 1.54) is 0 Å². The summed E-state index contributed by atoms with van der Waals surface area (Å²) in [7, 11) is 0. The number of fused-ring (bicyclic) bond motifs is 1. The Kier molecular flexibility index (Phi) is 6.84. The van der Waals surface area contributed by atoms with E-state index in [1.54, 1.807) is 6.20 Å². The largest absolute Gasteiger partial charge is 0.323 e. The molecule has 0 unspecified atom stereocenters. The third-order valence-corrected chi connectivity index (χ3v) is 5.74. The van der Waals surface area contributed by atoms with E-state index >= 15 is 0 Å². The number of benzene rings is 1. The minimum atomic E-state index is -0.0603. The van der Waals surface area contributed by atoms with E-state index in [9.17, 15) is 4.79 Å². The van der Waals surface area contributed by atoms with Crippen LogP contribution in [0.3, 0.4) is 0 Å². The Balaban J connectivity index is 1.45. The van der Waals surface area contributed by atoms with Gasteiger partial charge in [0.25, 0.3) is 0 Å². The summed E-state index contributed by atoms with van der Waals surface area (Å²) in [6.07, 6.45) is 1.74. The van der Waals surface area contributed by atoms with Gasteiger partial charge in [-0.05, 0) is 52.0 Å². The molecule has 8 nitrogen and oxygen atoms in total. The molecule has 0 fully saturated rings.